The second-order valence-electron chi connectivity index (χ2n) is 6.39. The molecule has 1 heterocycles. The number of anilines is 1. The Hall–Kier alpha value is -1.27. The van der Waals surface area contributed by atoms with Crippen molar-refractivity contribution < 1.29 is 17.9 Å². The van der Waals surface area contributed by atoms with Crippen molar-refractivity contribution in [1.82, 2.24) is 10.2 Å². The van der Waals surface area contributed by atoms with Crippen LogP contribution in [0.4, 0.5) is 5.69 Å². The molecule has 1 N–H and O–H groups in total. The van der Waals surface area contributed by atoms with Crippen molar-refractivity contribution in [3.05, 3.63) is 24.3 Å². The van der Waals surface area contributed by atoms with Crippen LogP contribution in [0.5, 0.6) is 5.75 Å². The number of nitrogens with one attached hydrogen (secondary N) is 1. The molecule has 10 heteroatoms. The smallest absolute Gasteiger partial charge is 0.193 e. The van der Waals surface area contributed by atoms with Crippen LogP contribution < -0.4 is 15.0 Å². The number of ether oxygens (including phenoxy) is 2. The summed E-state index contributed by atoms with van der Waals surface area (Å²) in [6.07, 6.45) is 1.21. The monoisotopic (exact) mass is 526 g/mol. The molecule has 0 atom stereocenters. The number of methoxy groups -OCH3 is 1. The number of hydrogen-bond acceptors (Lipinski definition) is 6. The summed E-state index contributed by atoms with van der Waals surface area (Å²) in [4.78, 5) is 8.90. The fourth-order valence-electron chi connectivity index (χ4n) is 2.85. The Kier molecular flexibility index (Phi) is 10.9. The number of rotatable bonds is 8. The van der Waals surface area contributed by atoms with Gasteiger partial charge < -0.3 is 24.6 Å². The van der Waals surface area contributed by atoms with Crippen molar-refractivity contribution in [2.24, 2.45) is 4.99 Å². The van der Waals surface area contributed by atoms with Crippen LogP contribution in [0.3, 0.4) is 0 Å². The van der Waals surface area contributed by atoms with Gasteiger partial charge in [-0.1, -0.05) is 0 Å². The number of aliphatic imine (C=N–C) groups is 1. The molecular formula is C18H31IN4O4S. The number of piperazine rings is 1. The Morgan fingerprint density at radius 1 is 1.14 bits per heavy atom. The predicted molar refractivity (Wildman–Crippen MR) is 124 cm³/mol. The molecule has 1 aromatic carbocycles. The minimum absolute atomic E-state index is 0. The molecule has 2 rings (SSSR count). The van der Waals surface area contributed by atoms with Gasteiger partial charge in [-0.2, -0.15) is 0 Å². The number of nitrogens with zero attached hydrogens (tertiary/aromatic N) is 3. The number of halogens is 1. The summed E-state index contributed by atoms with van der Waals surface area (Å²) in [5, 5.41) is 3.27. The molecule has 1 aliphatic rings. The normalized spacial score (nSPS) is 15.2. The Labute approximate surface area is 185 Å². The van der Waals surface area contributed by atoms with Crippen LogP contribution in [0.1, 0.15) is 0 Å². The van der Waals surface area contributed by atoms with Crippen LogP contribution in [-0.4, -0.2) is 91.4 Å². The van der Waals surface area contributed by atoms with Crippen LogP contribution in [0.25, 0.3) is 0 Å². The van der Waals surface area contributed by atoms with E-state index in [0.717, 1.165) is 37.9 Å². The maximum atomic E-state index is 11.1. The first-order valence-electron chi connectivity index (χ1n) is 9.03. The van der Waals surface area contributed by atoms with Gasteiger partial charge in [0.1, 0.15) is 15.6 Å². The standard InChI is InChI=1S/C18H30N4O4S.HI/c1-19-18(20-8-13-26-14-15-27(3,23)24)22-11-9-21(10-12-22)16-4-6-17(25-2)7-5-16;/h4-7H,8-15H2,1-3H3,(H,19,20);1H. The molecule has 0 radical (unpaired) electrons. The van der Waals surface area contributed by atoms with Crippen LogP contribution >= 0.6 is 24.0 Å². The highest BCUT2D eigenvalue weighted by Crippen LogP contribution is 2.20. The minimum Gasteiger partial charge on any atom is -0.497 e. The van der Waals surface area contributed by atoms with Gasteiger partial charge in [-0.15, -0.1) is 24.0 Å². The minimum atomic E-state index is -2.97. The maximum absolute atomic E-state index is 11.1. The fraction of sp³-hybridized carbons (Fsp3) is 0.611. The van der Waals surface area contributed by atoms with Gasteiger partial charge in [0.25, 0.3) is 0 Å². The molecular weight excluding hydrogens is 495 g/mol. The zero-order chi connectivity index (χ0) is 19.7. The van der Waals surface area contributed by atoms with E-state index in [1.165, 1.54) is 11.9 Å². The van der Waals surface area contributed by atoms with E-state index < -0.39 is 9.84 Å². The number of guanidine groups is 1. The third-order valence-electron chi connectivity index (χ3n) is 4.36. The van der Waals surface area contributed by atoms with E-state index in [1.54, 1.807) is 14.2 Å². The van der Waals surface area contributed by atoms with Crippen molar-refractivity contribution in [2.75, 3.05) is 77.0 Å². The Morgan fingerprint density at radius 3 is 2.32 bits per heavy atom. The fourth-order valence-corrected chi connectivity index (χ4v) is 3.27. The van der Waals surface area contributed by atoms with Crippen molar-refractivity contribution in [3.8, 4) is 5.75 Å². The van der Waals surface area contributed by atoms with Gasteiger partial charge in [0, 0.05) is 51.7 Å². The molecule has 0 aliphatic carbocycles. The zero-order valence-electron chi connectivity index (χ0n) is 16.8. The molecule has 1 aliphatic heterocycles. The van der Waals surface area contributed by atoms with E-state index in [1.807, 2.05) is 12.1 Å². The molecule has 1 saturated heterocycles. The predicted octanol–water partition coefficient (Wildman–Crippen LogP) is 1.07. The first-order valence-corrected chi connectivity index (χ1v) is 11.1. The van der Waals surface area contributed by atoms with Crippen LogP contribution in [0, 0.1) is 0 Å². The maximum Gasteiger partial charge on any atom is 0.193 e. The van der Waals surface area contributed by atoms with Crippen molar-refractivity contribution >= 4 is 45.5 Å². The Bertz CT molecular complexity index is 705. The average Bonchev–Trinajstić information content (AvgIpc) is 2.67. The van der Waals surface area contributed by atoms with Crippen LogP contribution in [-0.2, 0) is 14.6 Å². The topological polar surface area (TPSA) is 83.5 Å². The van der Waals surface area contributed by atoms with Gasteiger partial charge in [-0.3, -0.25) is 4.99 Å². The second kappa shape index (κ2) is 12.3. The molecule has 28 heavy (non-hydrogen) atoms. The van der Waals surface area contributed by atoms with Crippen molar-refractivity contribution in [3.63, 3.8) is 0 Å². The third-order valence-corrected chi connectivity index (χ3v) is 5.26. The molecule has 0 bridgehead atoms. The van der Waals surface area contributed by atoms with E-state index in [-0.39, 0.29) is 36.3 Å². The van der Waals surface area contributed by atoms with Gasteiger partial charge in [0.2, 0.25) is 0 Å². The summed E-state index contributed by atoms with van der Waals surface area (Å²) in [5.41, 5.74) is 1.19. The van der Waals surface area contributed by atoms with E-state index in [9.17, 15) is 8.42 Å². The highest BCUT2D eigenvalue weighted by atomic mass is 127. The van der Waals surface area contributed by atoms with Crippen molar-refractivity contribution in [1.29, 1.82) is 0 Å². The number of benzene rings is 1. The average molecular weight is 526 g/mol. The lowest BCUT2D eigenvalue weighted by Crippen LogP contribution is -2.53. The van der Waals surface area contributed by atoms with Gasteiger partial charge in [-0.25, -0.2) is 8.42 Å². The van der Waals surface area contributed by atoms with Crippen LogP contribution in [0.2, 0.25) is 0 Å². The lowest BCUT2D eigenvalue weighted by molar-refractivity contribution is 0.153. The second-order valence-corrected chi connectivity index (χ2v) is 8.65. The molecule has 1 fully saturated rings. The van der Waals surface area contributed by atoms with Gasteiger partial charge in [0.15, 0.2) is 5.96 Å². The largest absolute Gasteiger partial charge is 0.497 e. The van der Waals surface area contributed by atoms with Gasteiger partial charge in [-0.05, 0) is 24.3 Å². The summed E-state index contributed by atoms with van der Waals surface area (Å²) in [5.74, 6) is 1.76. The zero-order valence-corrected chi connectivity index (χ0v) is 19.9. The lowest BCUT2D eigenvalue weighted by atomic mass is 10.2. The molecule has 0 amide bonds. The van der Waals surface area contributed by atoms with E-state index >= 15 is 0 Å². The van der Waals surface area contributed by atoms with Crippen LogP contribution in [0.15, 0.2) is 29.3 Å². The molecule has 0 unspecified atom stereocenters. The SMILES string of the molecule is CN=C(NCCOCCS(C)(=O)=O)N1CCN(c2ccc(OC)cc2)CC1.I. The molecule has 0 spiro atoms. The molecule has 8 nitrogen and oxygen atoms in total. The summed E-state index contributed by atoms with van der Waals surface area (Å²) >= 11 is 0. The first-order chi connectivity index (χ1) is 12.9. The summed E-state index contributed by atoms with van der Waals surface area (Å²) in [7, 11) is 0.466. The van der Waals surface area contributed by atoms with E-state index in [4.69, 9.17) is 9.47 Å². The quantitative estimate of drug-likeness (QED) is 0.235. The molecule has 160 valence electrons. The van der Waals surface area contributed by atoms with E-state index in [2.05, 4.69) is 32.2 Å². The van der Waals surface area contributed by atoms with E-state index in [0.29, 0.717) is 13.2 Å². The summed E-state index contributed by atoms with van der Waals surface area (Å²) < 4.78 is 32.7. The highest BCUT2D eigenvalue weighted by molar-refractivity contribution is 14.0. The summed E-state index contributed by atoms with van der Waals surface area (Å²) in [6.45, 7) is 4.84. The van der Waals surface area contributed by atoms with Gasteiger partial charge >= 0.3 is 0 Å². The third kappa shape index (κ3) is 8.39. The van der Waals surface area contributed by atoms with Crippen molar-refractivity contribution in [2.45, 2.75) is 0 Å². The summed E-state index contributed by atoms with van der Waals surface area (Å²) in [6, 6.07) is 8.11. The number of hydrogen-bond donors (Lipinski definition) is 1. The molecule has 1 aromatic rings. The Balaban J connectivity index is 0.00000392. The number of sulfone groups is 1. The lowest BCUT2D eigenvalue weighted by Gasteiger charge is -2.37. The first kappa shape index (κ1) is 24.8. The molecule has 0 aromatic heterocycles. The Morgan fingerprint density at radius 2 is 1.79 bits per heavy atom. The van der Waals surface area contributed by atoms with Gasteiger partial charge in [0.05, 0.1) is 26.1 Å². The molecule has 0 saturated carbocycles. The highest BCUT2D eigenvalue weighted by Gasteiger charge is 2.19.